The van der Waals surface area contributed by atoms with Crippen LogP contribution in [0.3, 0.4) is 0 Å². The maximum Gasteiger partial charge on any atom is 0.159 e. The molecule has 0 amide bonds. The molecule has 0 aromatic heterocycles. The molecule has 2 aromatic carbocycles. The molecule has 2 aromatic rings. The molecule has 0 aliphatic rings. The van der Waals surface area contributed by atoms with Crippen LogP contribution in [-0.2, 0) is 6.42 Å². The Hall–Kier alpha value is -0.810. The quantitative estimate of drug-likeness (QED) is 0.600. The summed E-state index contributed by atoms with van der Waals surface area (Å²) >= 11 is 6.51. The van der Waals surface area contributed by atoms with E-state index < -0.39 is 11.6 Å². The van der Waals surface area contributed by atoms with Crippen LogP contribution in [-0.4, -0.2) is 0 Å². The van der Waals surface area contributed by atoms with Crippen LogP contribution in [0.15, 0.2) is 40.9 Å². The van der Waals surface area contributed by atoms with Crippen LogP contribution in [0.5, 0.6) is 0 Å². The monoisotopic (exact) mass is 392 g/mol. The van der Waals surface area contributed by atoms with E-state index in [4.69, 9.17) is 0 Å². The molecule has 1 atom stereocenters. The van der Waals surface area contributed by atoms with Crippen molar-refractivity contribution in [1.82, 2.24) is 0 Å². The molecule has 0 aliphatic heterocycles. The van der Waals surface area contributed by atoms with E-state index in [1.54, 1.807) is 12.1 Å². The second-order valence-electron chi connectivity index (χ2n) is 4.09. The van der Waals surface area contributed by atoms with Gasteiger partial charge < -0.3 is 0 Å². The van der Waals surface area contributed by atoms with Crippen LogP contribution in [0.1, 0.15) is 16.0 Å². The first kappa shape index (κ1) is 14.6. The van der Waals surface area contributed by atoms with Gasteiger partial charge in [-0.1, -0.05) is 28.1 Å². The normalized spacial score (nSPS) is 12.5. The van der Waals surface area contributed by atoms with E-state index in [1.165, 1.54) is 12.1 Å². The van der Waals surface area contributed by atoms with Gasteiger partial charge in [-0.3, -0.25) is 0 Å². The lowest BCUT2D eigenvalue weighted by molar-refractivity contribution is 0.507. The Morgan fingerprint density at radius 2 is 1.63 bits per heavy atom. The fourth-order valence-electron chi connectivity index (χ4n) is 1.70. The summed E-state index contributed by atoms with van der Waals surface area (Å²) in [7, 11) is 0. The van der Waals surface area contributed by atoms with Gasteiger partial charge in [0.1, 0.15) is 5.82 Å². The van der Waals surface area contributed by atoms with Crippen molar-refractivity contribution in [3.8, 4) is 0 Å². The lowest BCUT2D eigenvalue weighted by Crippen LogP contribution is -1.98. The first-order valence-corrected chi connectivity index (χ1v) is 7.21. The molecule has 0 heterocycles. The summed E-state index contributed by atoms with van der Waals surface area (Å²) in [5.74, 6) is -2.10. The number of hydrogen-bond acceptors (Lipinski definition) is 0. The topological polar surface area (TPSA) is 0 Å². The van der Waals surface area contributed by atoms with Crippen LogP contribution in [0.4, 0.5) is 13.2 Å². The second-order valence-corrected chi connectivity index (χ2v) is 6.05. The van der Waals surface area contributed by atoms with Gasteiger partial charge in [-0.15, -0.1) is 0 Å². The zero-order valence-corrected chi connectivity index (χ0v) is 12.8. The Bertz CT molecular complexity index is 599. The Balaban J connectivity index is 2.17. The predicted molar refractivity (Wildman–Crippen MR) is 75.8 cm³/mol. The van der Waals surface area contributed by atoms with Crippen LogP contribution in [0.2, 0.25) is 0 Å². The lowest BCUT2D eigenvalue weighted by Gasteiger charge is -2.11. The molecule has 0 aliphatic carbocycles. The Labute approximate surface area is 125 Å². The van der Waals surface area contributed by atoms with E-state index in [0.29, 0.717) is 16.5 Å². The highest BCUT2D eigenvalue weighted by molar-refractivity contribution is 9.10. The number of alkyl halides is 1. The third-order valence-electron chi connectivity index (χ3n) is 2.70. The highest BCUT2D eigenvalue weighted by Crippen LogP contribution is 2.29. The fourth-order valence-corrected chi connectivity index (χ4v) is 2.60. The molecule has 5 heteroatoms. The second kappa shape index (κ2) is 6.09. The molecule has 100 valence electrons. The highest BCUT2D eigenvalue weighted by Gasteiger charge is 2.12. The Morgan fingerprint density at radius 1 is 0.895 bits per heavy atom. The molecule has 1 unspecified atom stereocenters. The van der Waals surface area contributed by atoms with E-state index in [2.05, 4.69) is 31.9 Å². The number of hydrogen-bond donors (Lipinski definition) is 0. The Morgan fingerprint density at radius 3 is 2.26 bits per heavy atom. The van der Waals surface area contributed by atoms with E-state index in [1.807, 2.05) is 0 Å². The summed E-state index contributed by atoms with van der Waals surface area (Å²) < 4.78 is 39.7. The summed E-state index contributed by atoms with van der Waals surface area (Å²) in [4.78, 5) is -0.167. The number of benzene rings is 2. The smallest absolute Gasteiger partial charge is 0.159 e. The van der Waals surface area contributed by atoms with Crippen molar-refractivity contribution in [1.29, 1.82) is 0 Å². The van der Waals surface area contributed by atoms with Crippen molar-refractivity contribution >= 4 is 31.9 Å². The highest BCUT2D eigenvalue weighted by atomic mass is 79.9. The van der Waals surface area contributed by atoms with E-state index in [0.717, 1.165) is 17.7 Å². The van der Waals surface area contributed by atoms with Gasteiger partial charge in [0.05, 0.1) is 4.47 Å². The summed E-state index contributed by atoms with van der Waals surface area (Å²) in [6, 6.07) is 8.55. The molecule has 0 saturated carbocycles. The van der Waals surface area contributed by atoms with Crippen LogP contribution >= 0.6 is 31.9 Å². The number of halogens is 5. The SMILES string of the molecule is Fc1ccc(CC(Br)c2ccc(Br)c(F)c2)cc1F. The summed E-state index contributed by atoms with van der Waals surface area (Å²) in [6.45, 7) is 0. The van der Waals surface area contributed by atoms with Crippen LogP contribution in [0, 0.1) is 17.5 Å². The third kappa shape index (κ3) is 3.60. The zero-order valence-electron chi connectivity index (χ0n) is 9.64. The molecular weight excluding hydrogens is 385 g/mol. The molecule has 0 radical (unpaired) electrons. The fraction of sp³-hybridized carbons (Fsp3) is 0.143. The van der Waals surface area contributed by atoms with Gasteiger partial charge in [0, 0.05) is 4.83 Å². The lowest BCUT2D eigenvalue weighted by atomic mass is 10.0. The molecule has 0 nitrogen and oxygen atoms in total. The molecule has 0 fully saturated rings. The minimum absolute atomic E-state index is 0.167. The largest absolute Gasteiger partial charge is 0.206 e. The van der Waals surface area contributed by atoms with Crippen LogP contribution in [0.25, 0.3) is 0 Å². The minimum atomic E-state index is -0.876. The van der Waals surface area contributed by atoms with Gasteiger partial charge in [0.2, 0.25) is 0 Å². The summed E-state index contributed by atoms with van der Waals surface area (Å²) in [5, 5.41) is 0. The van der Waals surface area contributed by atoms with Crippen LogP contribution < -0.4 is 0 Å². The van der Waals surface area contributed by atoms with Gasteiger partial charge in [0.25, 0.3) is 0 Å². The minimum Gasteiger partial charge on any atom is -0.206 e. The van der Waals surface area contributed by atoms with E-state index >= 15 is 0 Å². The zero-order chi connectivity index (χ0) is 14.0. The van der Waals surface area contributed by atoms with Crippen molar-refractivity contribution in [2.75, 3.05) is 0 Å². The first-order valence-electron chi connectivity index (χ1n) is 5.50. The average Bonchev–Trinajstić information content (AvgIpc) is 2.37. The van der Waals surface area contributed by atoms with Crippen molar-refractivity contribution in [3.05, 3.63) is 69.4 Å². The van der Waals surface area contributed by atoms with E-state index in [-0.39, 0.29) is 10.6 Å². The van der Waals surface area contributed by atoms with Gasteiger partial charge >= 0.3 is 0 Å². The molecule has 0 N–H and O–H groups in total. The molecule has 0 saturated heterocycles. The standard InChI is InChI=1S/C14H9Br2F3/c15-10-3-2-9(7-13(10)18)11(16)5-8-1-4-12(17)14(19)6-8/h1-4,6-7,11H,5H2. The molecule has 0 spiro atoms. The van der Waals surface area contributed by atoms with Gasteiger partial charge in [-0.2, -0.15) is 0 Å². The number of rotatable bonds is 3. The first-order chi connectivity index (χ1) is 8.97. The van der Waals surface area contributed by atoms with Crippen molar-refractivity contribution in [2.24, 2.45) is 0 Å². The van der Waals surface area contributed by atoms with Crippen molar-refractivity contribution in [2.45, 2.75) is 11.2 Å². The van der Waals surface area contributed by atoms with Crippen molar-refractivity contribution in [3.63, 3.8) is 0 Å². The third-order valence-corrected chi connectivity index (χ3v) is 4.20. The maximum atomic E-state index is 13.4. The predicted octanol–water partition coefficient (Wildman–Crippen LogP) is 5.55. The van der Waals surface area contributed by atoms with Gasteiger partial charge in [0.15, 0.2) is 11.6 Å². The van der Waals surface area contributed by atoms with Gasteiger partial charge in [-0.05, 0) is 57.7 Å². The molecular formula is C14H9Br2F3. The van der Waals surface area contributed by atoms with E-state index in [9.17, 15) is 13.2 Å². The summed E-state index contributed by atoms with van der Waals surface area (Å²) in [6.07, 6.45) is 0.443. The molecule has 19 heavy (non-hydrogen) atoms. The molecule has 2 rings (SSSR count). The summed E-state index contributed by atoms with van der Waals surface area (Å²) in [5.41, 5.74) is 1.38. The maximum absolute atomic E-state index is 13.4. The van der Waals surface area contributed by atoms with Crippen molar-refractivity contribution < 1.29 is 13.2 Å². The van der Waals surface area contributed by atoms with Gasteiger partial charge in [-0.25, -0.2) is 13.2 Å². The Kier molecular flexibility index (Phi) is 4.68. The average molecular weight is 394 g/mol. The molecule has 0 bridgehead atoms.